The summed E-state index contributed by atoms with van der Waals surface area (Å²) in [7, 11) is 2.98. The van der Waals surface area contributed by atoms with Crippen LogP contribution in [0.15, 0.2) is 0 Å². The largest absolute Gasteiger partial charge is 0.467 e. The van der Waals surface area contributed by atoms with Gasteiger partial charge in [-0.3, -0.25) is 0 Å². The molecule has 0 aromatic carbocycles. The third-order valence-corrected chi connectivity index (χ3v) is 1.91. The fourth-order valence-corrected chi connectivity index (χ4v) is 1.14. The first-order chi connectivity index (χ1) is 8.19. The van der Waals surface area contributed by atoms with Gasteiger partial charge in [-0.1, -0.05) is 0 Å². The van der Waals surface area contributed by atoms with Gasteiger partial charge < -0.3 is 19.5 Å². The van der Waals surface area contributed by atoms with E-state index in [0.717, 1.165) is 0 Å². The van der Waals surface area contributed by atoms with E-state index >= 15 is 0 Å². The highest BCUT2D eigenvalue weighted by Crippen LogP contribution is 2.12. The Morgan fingerprint density at radius 2 is 1.71 bits per heavy atom. The van der Waals surface area contributed by atoms with Gasteiger partial charge in [0.05, 0.1) is 20.8 Å². The summed E-state index contributed by atoms with van der Waals surface area (Å²) in [5, 5.41) is 3.08. The minimum atomic E-state index is 0.0896. The van der Waals surface area contributed by atoms with Gasteiger partial charge in [-0.2, -0.15) is 9.97 Å². The Morgan fingerprint density at radius 3 is 2.18 bits per heavy atom. The molecule has 0 amide bonds. The number of hydrogen-bond donors (Lipinski definition) is 1. The number of rotatable bonds is 7. The molecule has 7 nitrogen and oxygen atoms in total. The number of aromatic nitrogens is 3. The van der Waals surface area contributed by atoms with E-state index in [-0.39, 0.29) is 18.1 Å². The highest BCUT2D eigenvalue weighted by atomic mass is 16.5. The summed E-state index contributed by atoms with van der Waals surface area (Å²) < 4.78 is 15.2. The molecule has 96 valence electrons. The summed E-state index contributed by atoms with van der Waals surface area (Å²) in [4.78, 5) is 12.0. The highest BCUT2D eigenvalue weighted by molar-refractivity contribution is 5.28. The van der Waals surface area contributed by atoms with Crippen molar-refractivity contribution in [3.05, 3.63) is 0 Å². The molecule has 0 bridgehead atoms. The predicted molar refractivity (Wildman–Crippen MR) is 62.5 cm³/mol. The molecular formula is C10H18N4O3. The molecule has 1 aromatic heterocycles. The lowest BCUT2D eigenvalue weighted by atomic mass is 10.4. The Kier molecular flexibility index (Phi) is 5.41. The van der Waals surface area contributed by atoms with Gasteiger partial charge in [0.25, 0.3) is 0 Å². The summed E-state index contributed by atoms with van der Waals surface area (Å²) in [5.74, 6) is 0.404. The van der Waals surface area contributed by atoms with Crippen molar-refractivity contribution < 1.29 is 14.2 Å². The molecule has 1 N–H and O–H groups in total. The van der Waals surface area contributed by atoms with E-state index in [1.54, 1.807) is 0 Å². The summed E-state index contributed by atoms with van der Waals surface area (Å²) in [6.07, 6.45) is 0. The van der Waals surface area contributed by atoms with E-state index in [1.165, 1.54) is 14.2 Å². The molecule has 0 saturated heterocycles. The zero-order valence-corrected chi connectivity index (χ0v) is 10.6. The second kappa shape index (κ2) is 6.85. The molecule has 0 spiro atoms. The lowest BCUT2D eigenvalue weighted by Gasteiger charge is -2.13. The van der Waals surface area contributed by atoms with Crippen molar-refractivity contribution in [2.45, 2.75) is 19.9 Å². The number of anilines is 1. The van der Waals surface area contributed by atoms with Crippen LogP contribution in [0.5, 0.6) is 12.0 Å². The lowest BCUT2D eigenvalue weighted by molar-refractivity contribution is 0.141. The van der Waals surface area contributed by atoms with Gasteiger partial charge >= 0.3 is 12.0 Å². The van der Waals surface area contributed by atoms with Crippen molar-refractivity contribution >= 4 is 5.95 Å². The zero-order valence-electron chi connectivity index (χ0n) is 10.6. The third-order valence-electron chi connectivity index (χ3n) is 1.91. The topological polar surface area (TPSA) is 78.4 Å². The van der Waals surface area contributed by atoms with Gasteiger partial charge in [-0.05, 0) is 13.8 Å². The fourth-order valence-electron chi connectivity index (χ4n) is 1.14. The number of hydrogen-bond acceptors (Lipinski definition) is 7. The Balaban J connectivity index is 2.68. The van der Waals surface area contributed by atoms with Crippen LogP contribution in [0.3, 0.4) is 0 Å². The molecule has 0 aliphatic rings. The van der Waals surface area contributed by atoms with Gasteiger partial charge in [0.15, 0.2) is 0 Å². The molecule has 1 rings (SSSR count). The first kappa shape index (κ1) is 13.4. The standard InChI is InChI=1S/C10H18N4O3/c1-5-17-6-7(2)11-8-12-9(15-3)14-10(13-8)16-4/h7H,5-6H2,1-4H3,(H,11,12,13,14). The van der Waals surface area contributed by atoms with E-state index in [4.69, 9.17) is 14.2 Å². The van der Waals surface area contributed by atoms with E-state index in [1.807, 2.05) is 13.8 Å². The normalized spacial score (nSPS) is 12.0. The smallest absolute Gasteiger partial charge is 0.324 e. The molecule has 0 saturated carbocycles. The Bertz CT molecular complexity index is 326. The van der Waals surface area contributed by atoms with Crippen LogP contribution in [0.25, 0.3) is 0 Å². The van der Waals surface area contributed by atoms with Crippen molar-refractivity contribution in [2.75, 3.05) is 32.8 Å². The van der Waals surface area contributed by atoms with Crippen LogP contribution in [-0.4, -0.2) is 48.4 Å². The maximum absolute atomic E-state index is 5.28. The monoisotopic (exact) mass is 242 g/mol. The zero-order chi connectivity index (χ0) is 12.7. The molecule has 1 unspecified atom stereocenters. The quantitative estimate of drug-likeness (QED) is 0.754. The molecule has 0 radical (unpaired) electrons. The molecule has 1 aromatic rings. The van der Waals surface area contributed by atoms with Gasteiger partial charge in [0.2, 0.25) is 5.95 Å². The van der Waals surface area contributed by atoms with Crippen molar-refractivity contribution in [3.63, 3.8) is 0 Å². The molecule has 0 aliphatic heterocycles. The van der Waals surface area contributed by atoms with Crippen LogP contribution in [0, 0.1) is 0 Å². The van der Waals surface area contributed by atoms with Crippen molar-refractivity contribution in [3.8, 4) is 12.0 Å². The Morgan fingerprint density at radius 1 is 1.12 bits per heavy atom. The Hall–Kier alpha value is -1.63. The van der Waals surface area contributed by atoms with Crippen LogP contribution in [0.2, 0.25) is 0 Å². The SMILES string of the molecule is CCOCC(C)Nc1nc(OC)nc(OC)n1. The summed E-state index contributed by atoms with van der Waals surface area (Å²) in [5.41, 5.74) is 0. The minimum absolute atomic E-state index is 0.0896. The molecular weight excluding hydrogens is 224 g/mol. The Labute approximate surface area is 101 Å². The predicted octanol–water partition coefficient (Wildman–Crippen LogP) is 0.726. The first-order valence-electron chi connectivity index (χ1n) is 5.38. The summed E-state index contributed by atoms with van der Waals surface area (Å²) in [6, 6.07) is 0.512. The number of nitrogens with one attached hydrogen (secondary N) is 1. The molecule has 17 heavy (non-hydrogen) atoms. The van der Waals surface area contributed by atoms with Gasteiger partial charge in [0.1, 0.15) is 0 Å². The molecule has 0 fully saturated rings. The van der Waals surface area contributed by atoms with E-state index < -0.39 is 0 Å². The van der Waals surface area contributed by atoms with Crippen LogP contribution in [0.4, 0.5) is 5.95 Å². The maximum atomic E-state index is 5.28. The van der Waals surface area contributed by atoms with E-state index in [9.17, 15) is 0 Å². The van der Waals surface area contributed by atoms with Gasteiger partial charge in [0, 0.05) is 12.6 Å². The van der Waals surface area contributed by atoms with Crippen molar-refractivity contribution in [1.29, 1.82) is 0 Å². The molecule has 0 aliphatic carbocycles. The highest BCUT2D eigenvalue weighted by Gasteiger charge is 2.09. The van der Waals surface area contributed by atoms with Crippen LogP contribution in [-0.2, 0) is 4.74 Å². The summed E-state index contributed by atoms with van der Waals surface area (Å²) in [6.45, 7) is 5.17. The minimum Gasteiger partial charge on any atom is -0.467 e. The number of ether oxygens (including phenoxy) is 3. The second-order valence-corrected chi connectivity index (χ2v) is 3.34. The summed E-state index contributed by atoms with van der Waals surface area (Å²) >= 11 is 0. The third kappa shape index (κ3) is 4.39. The number of methoxy groups -OCH3 is 2. The van der Waals surface area contributed by atoms with Crippen molar-refractivity contribution in [1.82, 2.24) is 15.0 Å². The average molecular weight is 242 g/mol. The average Bonchev–Trinajstić information content (AvgIpc) is 2.35. The molecule has 1 atom stereocenters. The molecule has 1 heterocycles. The van der Waals surface area contributed by atoms with Crippen LogP contribution < -0.4 is 14.8 Å². The van der Waals surface area contributed by atoms with Gasteiger partial charge in [-0.25, -0.2) is 0 Å². The fraction of sp³-hybridized carbons (Fsp3) is 0.700. The number of nitrogens with zero attached hydrogens (tertiary/aromatic N) is 3. The van der Waals surface area contributed by atoms with E-state index in [0.29, 0.717) is 19.2 Å². The van der Waals surface area contributed by atoms with Crippen LogP contribution >= 0.6 is 0 Å². The second-order valence-electron chi connectivity index (χ2n) is 3.34. The van der Waals surface area contributed by atoms with Crippen LogP contribution in [0.1, 0.15) is 13.8 Å². The molecule has 7 heteroatoms. The lowest BCUT2D eigenvalue weighted by Crippen LogP contribution is -2.23. The van der Waals surface area contributed by atoms with Gasteiger partial charge in [-0.15, -0.1) is 4.98 Å². The van der Waals surface area contributed by atoms with Crippen molar-refractivity contribution in [2.24, 2.45) is 0 Å². The maximum Gasteiger partial charge on any atom is 0.324 e. The first-order valence-corrected chi connectivity index (χ1v) is 5.38. The van der Waals surface area contributed by atoms with E-state index in [2.05, 4.69) is 20.3 Å².